The van der Waals surface area contributed by atoms with E-state index in [9.17, 15) is 0 Å². The molecule has 2 aromatic carbocycles. The summed E-state index contributed by atoms with van der Waals surface area (Å²) in [4.78, 5) is 0.209. The van der Waals surface area contributed by atoms with E-state index < -0.39 is 0 Å². The molecule has 2 atom stereocenters. The minimum absolute atomic E-state index is 0.209. The SMILES string of the molecule is Cc1ccc(C(Br)c2ccc3c(c2)CC(C)O3)cc1Br. The molecule has 20 heavy (non-hydrogen) atoms. The molecule has 0 radical (unpaired) electrons. The summed E-state index contributed by atoms with van der Waals surface area (Å²) in [5.74, 6) is 1.03. The Balaban J connectivity index is 1.93. The number of benzene rings is 2. The van der Waals surface area contributed by atoms with Gasteiger partial charge in [-0.05, 0) is 48.2 Å². The smallest absolute Gasteiger partial charge is 0.123 e. The highest BCUT2D eigenvalue weighted by Gasteiger charge is 2.21. The molecule has 0 fully saturated rings. The van der Waals surface area contributed by atoms with Crippen LogP contribution in [-0.4, -0.2) is 6.10 Å². The maximum absolute atomic E-state index is 5.76. The van der Waals surface area contributed by atoms with Gasteiger partial charge in [-0.2, -0.15) is 0 Å². The second kappa shape index (κ2) is 5.53. The number of ether oxygens (including phenoxy) is 1. The van der Waals surface area contributed by atoms with Crippen LogP contribution in [0.5, 0.6) is 5.75 Å². The van der Waals surface area contributed by atoms with Crippen LogP contribution < -0.4 is 4.74 Å². The summed E-state index contributed by atoms with van der Waals surface area (Å²) >= 11 is 7.42. The highest BCUT2D eigenvalue weighted by molar-refractivity contribution is 9.10. The van der Waals surface area contributed by atoms with Crippen LogP contribution in [0.4, 0.5) is 0 Å². The minimum atomic E-state index is 0.209. The Labute approximate surface area is 136 Å². The molecule has 0 aliphatic carbocycles. The van der Waals surface area contributed by atoms with Crippen LogP contribution in [0, 0.1) is 6.92 Å². The zero-order valence-electron chi connectivity index (χ0n) is 11.5. The van der Waals surface area contributed by atoms with Crippen LogP contribution in [0.1, 0.15) is 34.0 Å². The van der Waals surface area contributed by atoms with Gasteiger partial charge in [0.1, 0.15) is 11.9 Å². The Morgan fingerprint density at radius 2 is 1.85 bits per heavy atom. The summed E-state index contributed by atoms with van der Waals surface area (Å²) in [6.45, 7) is 4.22. The summed E-state index contributed by atoms with van der Waals surface area (Å²) in [6, 6.07) is 13.0. The van der Waals surface area contributed by atoms with Crippen LogP contribution in [0.15, 0.2) is 40.9 Å². The third-order valence-electron chi connectivity index (χ3n) is 3.70. The summed E-state index contributed by atoms with van der Waals surface area (Å²) in [7, 11) is 0. The van der Waals surface area contributed by atoms with E-state index in [1.165, 1.54) is 22.3 Å². The monoisotopic (exact) mass is 394 g/mol. The van der Waals surface area contributed by atoms with Gasteiger partial charge in [-0.3, -0.25) is 0 Å². The second-order valence-corrected chi connectivity index (χ2v) is 7.14. The number of fused-ring (bicyclic) bond motifs is 1. The Kier molecular flexibility index (Phi) is 3.91. The van der Waals surface area contributed by atoms with E-state index >= 15 is 0 Å². The van der Waals surface area contributed by atoms with Gasteiger partial charge in [-0.1, -0.05) is 56.1 Å². The largest absolute Gasteiger partial charge is 0.490 e. The summed E-state index contributed by atoms with van der Waals surface area (Å²) in [6.07, 6.45) is 1.29. The van der Waals surface area contributed by atoms with Gasteiger partial charge < -0.3 is 4.74 Å². The van der Waals surface area contributed by atoms with Crippen molar-refractivity contribution in [3.63, 3.8) is 0 Å². The van der Waals surface area contributed by atoms with E-state index in [0.29, 0.717) is 6.10 Å². The Hall–Kier alpha value is -0.800. The number of halogens is 2. The lowest BCUT2D eigenvalue weighted by molar-refractivity contribution is 0.254. The molecule has 0 saturated heterocycles. The maximum Gasteiger partial charge on any atom is 0.123 e. The number of alkyl halides is 1. The molecular formula is C17H16Br2O. The van der Waals surface area contributed by atoms with Crippen molar-refractivity contribution in [2.24, 2.45) is 0 Å². The lowest BCUT2D eigenvalue weighted by atomic mass is 10.0. The molecule has 0 spiro atoms. The van der Waals surface area contributed by atoms with Gasteiger partial charge in [0, 0.05) is 10.9 Å². The van der Waals surface area contributed by atoms with Crippen LogP contribution >= 0.6 is 31.9 Å². The highest BCUT2D eigenvalue weighted by atomic mass is 79.9. The first-order chi connectivity index (χ1) is 9.54. The number of aryl methyl sites for hydroxylation is 1. The zero-order valence-corrected chi connectivity index (χ0v) is 14.7. The predicted octanol–water partition coefficient (Wildman–Crippen LogP) is 5.57. The highest BCUT2D eigenvalue weighted by Crippen LogP contribution is 2.37. The first-order valence-corrected chi connectivity index (χ1v) is 8.45. The summed E-state index contributed by atoms with van der Waals surface area (Å²) < 4.78 is 6.91. The number of hydrogen-bond acceptors (Lipinski definition) is 1. The van der Waals surface area contributed by atoms with Crippen LogP contribution in [-0.2, 0) is 6.42 Å². The molecule has 1 aliphatic heterocycles. The normalized spacial score (nSPS) is 18.5. The molecule has 2 unspecified atom stereocenters. The van der Waals surface area contributed by atoms with E-state index in [-0.39, 0.29) is 4.83 Å². The van der Waals surface area contributed by atoms with Crippen molar-refractivity contribution < 1.29 is 4.74 Å². The van der Waals surface area contributed by atoms with E-state index in [0.717, 1.165) is 16.6 Å². The average molecular weight is 396 g/mol. The van der Waals surface area contributed by atoms with Gasteiger partial charge in [-0.25, -0.2) is 0 Å². The van der Waals surface area contributed by atoms with E-state index in [1.54, 1.807) is 0 Å². The fourth-order valence-electron chi connectivity index (χ4n) is 2.56. The molecule has 0 saturated carbocycles. The van der Waals surface area contributed by atoms with Crippen molar-refractivity contribution in [1.29, 1.82) is 0 Å². The third-order valence-corrected chi connectivity index (χ3v) is 5.61. The standard InChI is InChI=1S/C17H16Br2O/c1-10-3-4-13(9-15(10)18)17(19)12-5-6-16-14(8-12)7-11(2)20-16/h3-6,8-9,11,17H,7H2,1-2H3. The molecule has 0 N–H and O–H groups in total. The van der Waals surface area contributed by atoms with Gasteiger partial charge in [0.2, 0.25) is 0 Å². The van der Waals surface area contributed by atoms with Gasteiger partial charge in [0.25, 0.3) is 0 Å². The number of rotatable bonds is 2. The molecule has 0 bridgehead atoms. The maximum atomic E-state index is 5.76. The first-order valence-electron chi connectivity index (χ1n) is 6.74. The summed E-state index contributed by atoms with van der Waals surface area (Å²) in [5.41, 5.74) is 5.10. The van der Waals surface area contributed by atoms with Crippen LogP contribution in [0.3, 0.4) is 0 Å². The van der Waals surface area contributed by atoms with Crippen LogP contribution in [0.2, 0.25) is 0 Å². The Bertz CT molecular complexity index is 651. The van der Waals surface area contributed by atoms with Gasteiger partial charge in [0.05, 0.1) is 4.83 Å². The van der Waals surface area contributed by atoms with Crippen molar-refractivity contribution in [2.45, 2.75) is 31.2 Å². The van der Waals surface area contributed by atoms with Crippen molar-refractivity contribution >= 4 is 31.9 Å². The summed E-state index contributed by atoms with van der Waals surface area (Å²) in [5, 5.41) is 0. The molecule has 3 heteroatoms. The number of hydrogen-bond donors (Lipinski definition) is 0. The van der Waals surface area contributed by atoms with E-state index in [1.807, 2.05) is 0 Å². The molecule has 104 valence electrons. The third kappa shape index (κ3) is 2.66. The van der Waals surface area contributed by atoms with Crippen molar-refractivity contribution in [3.8, 4) is 5.75 Å². The quantitative estimate of drug-likeness (QED) is 0.604. The zero-order chi connectivity index (χ0) is 14.3. The van der Waals surface area contributed by atoms with Crippen molar-refractivity contribution in [1.82, 2.24) is 0 Å². The predicted molar refractivity (Wildman–Crippen MR) is 89.9 cm³/mol. The lowest BCUT2D eigenvalue weighted by Crippen LogP contribution is -2.05. The molecular weight excluding hydrogens is 380 g/mol. The molecule has 0 aromatic heterocycles. The van der Waals surface area contributed by atoms with Gasteiger partial charge in [0.15, 0.2) is 0 Å². The van der Waals surface area contributed by atoms with E-state index in [4.69, 9.17) is 4.74 Å². The fourth-order valence-corrected chi connectivity index (χ4v) is 3.52. The van der Waals surface area contributed by atoms with Gasteiger partial charge in [-0.15, -0.1) is 0 Å². The van der Waals surface area contributed by atoms with E-state index in [2.05, 4.69) is 82.1 Å². The van der Waals surface area contributed by atoms with Crippen molar-refractivity contribution in [3.05, 3.63) is 63.1 Å². The topological polar surface area (TPSA) is 9.23 Å². The molecule has 1 nitrogen and oxygen atoms in total. The molecule has 0 amide bonds. The Morgan fingerprint density at radius 3 is 2.60 bits per heavy atom. The average Bonchev–Trinajstić information content (AvgIpc) is 2.80. The molecule has 1 aliphatic rings. The minimum Gasteiger partial charge on any atom is -0.490 e. The Morgan fingerprint density at radius 1 is 1.15 bits per heavy atom. The second-order valence-electron chi connectivity index (χ2n) is 5.37. The first kappa shape index (κ1) is 14.2. The van der Waals surface area contributed by atoms with Crippen molar-refractivity contribution in [2.75, 3.05) is 0 Å². The molecule has 3 rings (SSSR count). The lowest BCUT2D eigenvalue weighted by Gasteiger charge is -2.13. The van der Waals surface area contributed by atoms with Crippen LogP contribution in [0.25, 0.3) is 0 Å². The van der Waals surface area contributed by atoms with Gasteiger partial charge >= 0.3 is 0 Å². The fraction of sp³-hybridized carbons (Fsp3) is 0.294. The molecule has 2 aromatic rings. The molecule has 1 heterocycles.